The van der Waals surface area contributed by atoms with Crippen LogP contribution < -0.4 is 5.32 Å². The predicted octanol–water partition coefficient (Wildman–Crippen LogP) is 4.17. The Hall–Kier alpha value is -1.98. The van der Waals surface area contributed by atoms with Gasteiger partial charge in [0, 0.05) is 19.3 Å². The molecule has 0 aliphatic carbocycles. The molecule has 0 spiro atoms. The van der Waals surface area contributed by atoms with E-state index in [1.54, 1.807) is 10.7 Å². The van der Waals surface area contributed by atoms with Gasteiger partial charge in [0.1, 0.15) is 0 Å². The number of nitrogens with zero attached hydrogens (tertiary/aromatic N) is 2. The van der Waals surface area contributed by atoms with E-state index in [-0.39, 0.29) is 6.04 Å². The number of hydrogen-bond donors (Lipinski definition) is 1. The molecular weight excluding hydrogens is 279 g/mol. The summed E-state index contributed by atoms with van der Waals surface area (Å²) in [6.07, 6.45) is -1.72. The third-order valence-corrected chi connectivity index (χ3v) is 3.33. The largest absolute Gasteiger partial charge is 0.416 e. The van der Waals surface area contributed by atoms with Crippen LogP contribution in [0.3, 0.4) is 0 Å². The van der Waals surface area contributed by atoms with Crippen LogP contribution in [-0.4, -0.2) is 9.78 Å². The highest BCUT2D eigenvalue weighted by molar-refractivity contribution is 5.48. The zero-order valence-electron chi connectivity index (χ0n) is 12.2. The standard InChI is InChI=1S/C15H18F3N3/c1-4-13-14(9-21(3)20-13)19-10(2)11-6-5-7-12(8-11)15(16,17)18/h5-10,19H,4H2,1-3H3. The van der Waals surface area contributed by atoms with Crippen LogP contribution in [0.5, 0.6) is 0 Å². The number of aromatic nitrogens is 2. The molecule has 1 atom stereocenters. The van der Waals surface area contributed by atoms with E-state index in [0.29, 0.717) is 5.56 Å². The Labute approximate surface area is 121 Å². The van der Waals surface area contributed by atoms with Crippen LogP contribution in [0, 0.1) is 0 Å². The van der Waals surface area contributed by atoms with Crippen molar-refractivity contribution in [2.45, 2.75) is 32.5 Å². The number of alkyl halides is 3. The van der Waals surface area contributed by atoms with Gasteiger partial charge >= 0.3 is 6.18 Å². The van der Waals surface area contributed by atoms with Gasteiger partial charge in [-0.15, -0.1) is 0 Å². The molecule has 114 valence electrons. The Kier molecular flexibility index (Phi) is 4.25. The molecule has 1 N–H and O–H groups in total. The third kappa shape index (κ3) is 3.56. The molecule has 0 bridgehead atoms. The van der Waals surface area contributed by atoms with E-state index >= 15 is 0 Å². The quantitative estimate of drug-likeness (QED) is 0.917. The van der Waals surface area contributed by atoms with E-state index in [9.17, 15) is 13.2 Å². The first-order valence-corrected chi connectivity index (χ1v) is 6.77. The van der Waals surface area contributed by atoms with Crippen LogP contribution in [0.2, 0.25) is 0 Å². The second kappa shape index (κ2) is 5.79. The molecule has 0 fully saturated rings. The lowest BCUT2D eigenvalue weighted by atomic mass is 10.0. The van der Waals surface area contributed by atoms with Crippen molar-refractivity contribution < 1.29 is 13.2 Å². The molecule has 3 nitrogen and oxygen atoms in total. The highest BCUT2D eigenvalue weighted by Gasteiger charge is 2.30. The van der Waals surface area contributed by atoms with Crippen molar-refractivity contribution in [3.63, 3.8) is 0 Å². The molecule has 1 heterocycles. The van der Waals surface area contributed by atoms with E-state index in [1.807, 2.05) is 27.1 Å². The van der Waals surface area contributed by atoms with Gasteiger partial charge in [-0.25, -0.2) is 0 Å². The minimum Gasteiger partial charge on any atom is -0.376 e. The fourth-order valence-electron chi connectivity index (χ4n) is 2.22. The topological polar surface area (TPSA) is 29.9 Å². The van der Waals surface area contributed by atoms with Gasteiger partial charge in [-0.2, -0.15) is 18.3 Å². The molecule has 1 unspecified atom stereocenters. The number of aryl methyl sites for hydroxylation is 2. The highest BCUT2D eigenvalue weighted by Crippen LogP contribution is 2.31. The lowest BCUT2D eigenvalue weighted by Crippen LogP contribution is -2.10. The second-order valence-corrected chi connectivity index (χ2v) is 5.01. The molecule has 0 aliphatic heterocycles. The molecular formula is C15H18F3N3. The van der Waals surface area contributed by atoms with Crippen LogP contribution in [0.1, 0.15) is 36.7 Å². The Morgan fingerprint density at radius 1 is 1.33 bits per heavy atom. The summed E-state index contributed by atoms with van der Waals surface area (Å²) in [6.45, 7) is 3.82. The average molecular weight is 297 g/mol. The normalized spacial score (nSPS) is 13.2. The van der Waals surface area contributed by atoms with Crippen molar-refractivity contribution in [2.24, 2.45) is 7.05 Å². The maximum atomic E-state index is 12.7. The van der Waals surface area contributed by atoms with Crippen molar-refractivity contribution in [2.75, 3.05) is 5.32 Å². The van der Waals surface area contributed by atoms with E-state index in [2.05, 4.69) is 10.4 Å². The maximum absolute atomic E-state index is 12.7. The molecule has 6 heteroatoms. The van der Waals surface area contributed by atoms with E-state index in [0.717, 1.165) is 23.9 Å². The number of benzene rings is 1. The minimum atomic E-state index is -4.32. The lowest BCUT2D eigenvalue weighted by molar-refractivity contribution is -0.137. The van der Waals surface area contributed by atoms with Crippen molar-refractivity contribution in [1.29, 1.82) is 0 Å². The number of anilines is 1. The number of rotatable bonds is 4. The Bertz CT molecular complexity index is 617. The van der Waals surface area contributed by atoms with Gasteiger partial charge in [-0.05, 0) is 31.0 Å². The molecule has 0 radical (unpaired) electrons. The van der Waals surface area contributed by atoms with E-state index < -0.39 is 11.7 Å². The van der Waals surface area contributed by atoms with Gasteiger partial charge in [-0.1, -0.05) is 19.1 Å². The van der Waals surface area contributed by atoms with Crippen LogP contribution in [-0.2, 0) is 19.6 Å². The summed E-state index contributed by atoms with van der Waals surface area (Å²) in [5, 5.41) is 7.53. The molecule has 0 aliphatic rings. The van der Waals surface area contributed by atoms with Crippen LogP contribution in [0.25, 0.3) is 0 Å². The first kappa shape index (κ1) is 15.4. The van der Waals surface area contributed by atoms with Crippen LogP contribution in [0.15, 0.2) is 30.5 Å². The molecule has 0 amide bonds. The molecule has 1 aromatic heterocycles. The molecule has 1 aromatic carbocycles. The zero-order valence-corrected chi connectivity index (χ0v) is 12.2. The average Bonchev–Trinajstić information content (AvgIpc) is 2.78. The van der Waals surface area contributed by atoms with Gasteiger partial charge in [0.25, 0.3) is 0 Å². The number of hydrogen-bond acceptors (Lipinski definition) is 2. The van der Waals surface area contributed by atoms with Crippen LogP contribution >= 0.6 is 0 Å². The van der Waals surface area contributed by atoms with Gasteiger partial charge < -0.3 is 5.32 Å². The Balaban J connectivity index is 2.22. The van der Waals surface area contributed by atoms with Crippen molar-refractivity contribution >= 4 is 5.69 Å². The summed E-state index contributed by atoms with van der Waals surface area (Å²) >= 11 is 0. The maximum Gasteiger partial charge on any atom is 0.416 e. The SMILES string of the molecule is CCc1nn(C)cc1NC(C)c1cccc(C(F)(F)F)c1. The smallest absolute Gasteiger partial charge is 0.376 e. The summed E-state index contributed by atoms with van der Waals surface area (Å²) < 4.78 is 39.9. The summed E-state index contributed by atoms with van der Waals surface area (Å²) in [4.78, 5) is 0. The molecule has 2 aromatic rings. The summed E-state index contributed by atoms with van der Waals surface area (Å²) in [7, 11) is 1.82. The fraction of sp³-hybridized carbons (Fsp3) is 0.400. The van der Waals surface area contributed by atoms with E-state index in [1.165, 1.54) is 12.1 Å². The Morgan fingerprint density at radius 2 is 2.05 bits per heavy atom. The first-order valence-electron chi connectivity index (χ1n) is 6.77. The number of halogens is 3. The first-order chi connectivity index (χ1) is 9.81. The summed E-state index contributed by atoms with van der Waals surface area (Å²) in [5.41, 5.74) is 1.72. The Morgan fingerprint density at radius 3 is 2.67 bits per heavy atom. The summed E-state index contributed by atoms with van der Waals surface area (Å²) in [6, 6.07) is 5.15. The van der Waals surface area contributed by atoms with Crippen molar-refractivity contribution in [1.82, 2.24) is 9.78 Å². The molecule has 0 saturated heterocycles. The second-order valence-electron chi connectivity index (χ2n) is 5.01. The minimum absolute atomic E-state index is 0.234. The monoisotopic (exact) mass is 297 g/mol. The number of nitrogens with one attached hydrogen (secondary N) is 1. The fourth-order valence-corrected chi connectivity index (χ4v) is 2.22. The molecule has 21 heavy (non-hydrogen) atoms. The highest BCUT2D eigenvalue weighted by atomic mass is 19.4. The van der Waals surface area contributed by atoms with Crippen LogP contribution in [0.4, 0.5) is 18.9 Å². The lowest BCUT2D eigenvalue weighted by Gasteiger charge is -2.17. The van der Waals surface area contributed by atoms with Gasteiger partial charge in [0.2, 0.25) is 0 Å². The summed E-state index contributed by atoms with van der Waals surface area (Å²) in [5.74, 6) is 0. The molecule has 0 saturated carbocycles. The van der Waals surface area contributed by atoms with Gasteiger partial charge in [0.15, 0.2) is 0 Å². The van der Waals surface area contributed by atoms with Gasteiger partial charge in [-0.3, -0.25) is 4.68 Å². The van der Waals surface area contributed by atoms with Gasteiger partial charge in [0.05, 0.1) is 16.9 Å². The third-order valence-electron chi connectivity index (χ3n) is 3.33. The molecule has 2 rings (SSSR count). The van der Waals surface area contributed by atoms with E-state index in [4.69, 9.17) is 0 Å². The zero-order chi connectivity index (χ0) is 15.6. The predicted molar refractivity (Wildman–Crippen MR) is 76.1 cm³/mol. The van der Waals surface area contributed by atoms with Crippen molar-refractivity contribution in [3.8, 4) is 0 Å². The van der Waals surface area contributed by atoms with Crippen molar-refractivity contribution in [3.05, 3.63) is 47.3 Å².